The Kier molecular flexibility index (Phi) is 5.86. The molecule has 5 N–H and O–H groups in total. The van der Waals surface area contributed by atoms with Crippen molar-refractivity contribution in [1.82, 2.24) is 15.3 Å². The van der Waals surface area contributed by atoms with Crippen molar-refractivity contribution in [2.45, 2.75) is 26.9 Å². The van der Waals surface area contributed by atoms with Crippen LogP contribution in [0.2, 0.25) is 0 Å². The van der Waals surface area contributed by atoms with Gasteiger partial charge in [0, 0.05) is 18.3 Å². The summed E-state index contributed by atoms with van der Waals surface area (Å²) >= 11 is 0. The Morgan fingerprint density at radius 3 is 2.43 bits per heavy atom. The van der Waals surface area contributed by atoms with Crippen molar-refractivity contribution in [3.8, 4) is 0 Å². The Morgan fingerprint density at radius 2 is 1.80 bits per heavy atom. The molecule has 3 aromatic rings. The van der Waals surface area contributed by atoms with Gasteiger partial charge in [-0.05, 0) is 35.7 Å². The number of hydrogen-bond acceptors (Lipinski definition) is 4. The molecule has 10 heteroatoms. The van der Waals surface area contributed by atoms with E-state index < -0.39 is 12.7 Å². The number of aromatic nitrogens is 3. The molecule has 0 unspecified atom stereocenters. The van der Waals surface area contributed by atoms with Gasteiger partial charge in [0.2, 0.25) is 11.5 Å². The molecular weight excluding hydrogens is 397 g/mol. The second-order valence-electron chi connectivity index (χ2n) is 8.11. The van der Waals surface area contributed by atoms with Crippen molar-refractivity contribution in [1.29, 1.82) is 0 Å². The van der Waals surface area contributed by atoms with E-state index in [4.69, 9.17) is 0 Å². The summed E-state index contributed by atoms with van der Waals surface area (Å²) in [6, 6.07) is 8.35. The van der Waals surface area contributed by atoms with Gasteiger partial charge in [-0.25, -0.2) is 4.98 Å². The van der Waals surface area contributed by atoms with Crippen LogP contribution in [0.25, 0.3) is 11.0 Å². The summed E-state index contributed by atoms with van der Waals surface area (Å²) in [6.07, 6.45) is -2.75. The second-order valence-corrected chi connectivity index (χ2v) is 8.11. The van der Waals surface area contributed by atoms with Gasteiger partial charge in [-0.15, -0.1) is 0 Å². The fraction of sp³-hybridized carbons (Fsp3) is 0.350. The van der Waals surface area contributed by atoms with Crippen LogP contribution in [-0.4, -0.2) is 35.1 Å². The third-order valence-corrected chi connectivity index (χ3v) is 4.12. The normalized spacial score (nSPS) is 12.1. The molecule has 0 saturated heterocycles. The molecule has 3 rings (SSSR count). The molecule has 0 aliphatic rings. The van der Waals surface area contributed by atoms with Crippen LogP contribution >= 0.6 is 0 Å². The van der Waals surface area contributed by atoms with Crippen molar-refractivity contribution in [2.24, 2.45) is 5.41 Å². The Balaban J connectivity index is 1.73. The molecule has 0 saturated carbocycles. The summed E-state index contributed by atoms with van der Waals surface area (Å²) in [5, 5.41) is 8.75. The number of H-pyrrole nitrogens is 2. The van der Waals surface area contributed by atoms with Crippen LogP contribution in [-0.2, 0) is 0 Å². The predicted octanol–water partition coefficient (Wildman–Crippen LogP) is 3.87. The average Bonchev–Trinajstić information content (AvgIpc) is 3.12. The predicted molar refractivity (Wildman–Crippen MR) is 109 cm³/mol. The number of carbonyl (C=O) groups is 1. The summed E-state index contributed by atoms with van der Waals surface area (Å²) < 4.78 is 37.8. The quantitative estimate of drug-likeness (QED) is 0.486. The van der Waals surface area contributed by atoms with Crippen molar-refractivity contribution in [3.05, 3.63) is 42.1 Å². The molecule has 30 heavy (non-hydrogen) atoms. The molecule has 0 atom stereocenters. The third-order valence-electron chi connectivity index (χ3n) is 4.12. The Labute approximate surface area is 171 Å². The maximum atomic E-state index is 12.6. The number of hydrogen-bond donors (Lipinski definition) is 4. The van der Waals surface area contributed by atoms with E-state index in [0.29, 0.717) is 28.8 Å². The summed E-state index contributed by atoms with van der Waals surface area (Å²) in [4.78, 5) is 22.3. The molecule has 7 nitrogen and oxygen atoms in total. The number of anilines is 3. The minimum absolute atomic E-state index is 0.0209. The summed E-state index contributed by atoms with van der Waals surface area (Å²) in [6.45, 7) is 5.47. The number of benzene rings is 1. The lowest BCUT2D eigenvalue weighted by Gasteiger charge is -2.18. The molecule has 1 amide bonds. The first-order valence-electron chi connectivity index (χ1n) is 9.36. The number of alkyl halides is 3. The zero-order valence-electron chi connectivity index (χ0n) is 16.9. The van der Waals surface area contributed by atoms with E-state index in [1.54, 1.807) is 36.5 Å². The van der Waals surface area contributed by atoms with Crippen molar-refractivity contribution >= 4 is 34.4 Å². The standard InChI is InChI=1S/C20H23F3N6O/c1-19(2,3)10-26-17(30)12-4-6-13(7-5-12)27-18-28-15-14(8-9-24-15)16(29-18)25-11-20(21,22)23/h4-9H,10-11H2,1-3H3,(H,26,30)(H3,24,25,27,28,29)/p+1. The van der Waals surface area contributed by atoms with E-state index in [1.165, 1.54) is 0 Å². The molecule has 0 bridgehead atoms. The maximum absolute atomic E-state index is 12.6. The van der Waals surface area contributed by atoms with Crippen LogP contribution < -0.4 is 20.9 Å². The van der Waals surface area contributed by atoms with Crippen LogP contribution in [0.15, 0.2) is 36.5 Å². The average molecular weight is 421 g/mol. The second kappa shape index (κ2) is 8.21. The van der Waals surface area contributed by atoms with E-state index in [0.717, 1.165) is 0 Å². The van der Waals surface area contributed by atoms with E-state index >= 15 is 0 Å². The SMILES string of the molecule is CC(C)(C)CNC(=O)c1ccc(Nc2nc3[nH]ccc3c(NCC(F)(F)F)[nH+]2)cc1. The van der Waals surface area contributed by atoms with Gasteiger partial charge in [-0.1, -0.05) is 25.8 Å². The van der Waals surface area contributed by atoms with Crippen LogP contribution in [0.4, 0.5) is 30.6 Å². The highest BCUT2D eigenvalue weighted by Gasteiger charge is 2.29. The van der Waals surface area contributed by atoms with Gasteiger partial charge in [-0.3, -0.25) is 10.1 Å². The third kappa shape index (κ3) is 5.85. The van der Waals surface area contributed by atoms with Gasteiger partial charge in [0.05, 0.1) is 11.1 Å². The molecule has 0 fully saturated rings. The number of halogens is 3. The lowest BCUT2D eigenvalue weighted by molar-refractivity contribution is -0.346. The number of nitrogens with one attached hydrogen (secondary N) is 5. The Bertz CT molecular complexity index is 1020. The zero-order chi connectivity index (χ0) is 21.9. The molecule has 2 heterocycles. The summed E-state index contributed by atoms with van der Waals surface area (Å²) in [7, 11) is 0. The molecule has 160 valence electrons. The van der Waals surface area contributed by atoms with E-state index in [9.17, 15) is 18.0 Å². The van der Waals surface area contributed by atoms with Crippen LogP contribution in [0, 0.1) is 5.41 Å². The van der Waals surface area contributed by atoms with Gasteiger partial charge in [0.25, 0.3) is 5.91 Å². The first kappa shape index (κ1) is 21.4. The smallest absolute Gasteiger partial charge is 0.352 e. The van der Waals surface area contributed by atoms with Crippen LogP contribution in [0.5, 0.6) is 0 Å². The van der Waals surface area contributed by atoms with Gasteiger partial charge < -0.3 is 15.6 Å². The largest absolute Gasteiger partial charge is 0.415 e. The van der Waals surface area contributed by atoms with Gasteiger partial charge >= 0.3 is 12.1 Å². The van der Waals surface area contributed by atoms with Gasteiger partial charge in [-0.2, -0.15) is 13.2 Å². The summed E-state index contributed by atoms with van der Waals surface area (Å²) in [5.41, 5.74) is 1.54. The molecule has 0 radical (unpaired) electrons. The molecular formula is C20H24F3N6O+. The van der Waals surface area contributed by atoms with Crippen molar-refractivity contribution in [2.75, 3.05) is 23.7 Å². The number of amides is 1. The molecule has 0 aliphatic heterocycles. The maximum Gasteiger partial charge on any atom is 0.415 e. The molecule has 1 aromatic carbocycles. The highest BCUT2D eigenvalue weighted by Crippen LogP contribution is 2.22. The number of rotatable bonds is 6. The number of nitrogens with zero attached hydrogens (tertiary/aromatic N) is 1. The van der Waals surface area contributed by atoms with Gasteiger partial charge in [0.1, 0.15) is 6.54 Å². The first-order valence-corrected chi connectivity index (χ1v) is 9.36. The number of carbonyl (C=O) groups excluding carboxylic acids is 1. The molecule has 0 aliphatic carbocycles. The van der Waals surface area contributed by atoms with E-state index in [2.05, 4.69) is 30.9 Å². The highest BCUT2D eigenvalue weighted by molar-refractivity contribution is 5.94. The van der Waals surface area contributed by atoms with Crippen LogP contribution in [0.3, 0.4) is 0 Å². The lowest BCUT2D eigenvalue weighted by atomic mass is 9.97. The van der Waals surface area contributed by atoms with Gasteiger partial charge in [0.15, 0.2) is 0 Å². The monoisotopic (exact) mass is 421 g/mol. The fourth-order valence-corrected chi connectivity index (χ4v) is 2.66. The summed E-state index contributed by atoms with van der Waals surface area (Å²) in [5.74, 6) is 0.270. The topological polar surface area (TPSA) is 96.0 Å². The minimum Gasteiger partial charge on any atom is -0.352 e. The van der Waals surface area contributed by atoms with E-state index in [1.807, 2.05) is 20.8 Å². The Hall–Kier alpha value is -3.30. The molecule has 2 aromatic heterocycles. The zero-order valence-corrected chi connectivity index (χ0v) is 16.9. The number of fused-ring (bicyclic) bond motifs is 1. The Morgan fingerprint density at radius 1 is 1.10 bits per heavy atom. The fourth-order valence-electron chi connectivity index (χ4n) is 2.66. The highest BCUT2D eigenvalue weighted by atomic mass is 19.4. The van der Waals surface area contributed by atoms with Crippen LogP contribution in [0.1, 0.15) is 31.1 Å². The van der Waals surface area contributed by atoms with Crippen molar-refractivity contribution < 1.29 is 22.9 Å². The molecule has 0 spiro atoms. The first-order chi connectivity index (χ1) is 14.0. The number of aromatic amines is 2. The van der Waals surface area contributed by atoms with Crippen molar-refractivity contribution in [3.63, 3.8) is 0 Å². The lowest BCUT2D eigenvalue weighted by Crippen LogP contribution is -2.32. The van der Waals surface area contributed by atoms with E-state index in [-0.39, 0.29) is 23.1 Å². The minimum atomic E-state index is -4.35.